The van der Waals surface area contributed by atoms with Crippen LogP contribution in [0.25, 0.3) is 0 Å². The third-order valence-corrected chi connectivity index (χ3v) is 6.63. The van der Waals surface area contributed by atoms with Gasteiger partial charge in [-0.25, -0.2) is 0 Å². The lowest BCUT2D eigenvalue weighted by atomic mass is 9.85. The molecule has 2 aromatic rings. The summed E-state index contributed by atoms with van der Waals surface area (Å²) in [5, 5.41) is 21.4. The van der Waals surface area contributed by atoms with E-state index >= 15 is 0 Å². The van der Waals surface area contributed by atoms with Crippen LogP contribution in [0.15, 0.2) is 30.5 Å². The summed E-state index contributed by atoms with van der Waals surface area (Å²) in [6.45, 7) is -1.25. The molecule has 0 spiro atoms. The van der Waals surface area contributed by atoms with Crippen LogP contribution in [0.2, 0.25) is 0 Å². The van der Waals surface area contributed by atoms with E-state index in [2.05, 4.69) is 10.3 Å². The zero-order chi connectivity index (χ0) is 24.4. The van der Waals surface area contributed by atoms with Gasteiger partial charge in [0, 0.05) is 36.3 Å². The normalized spacial score (nSPS) is 22.9. The summed E-state index contributed by atoms with van der Waals surface area (Å²) < 4.78 is 38.7. The third-order valence-electron chi connectivity index (χ3n) is 6.63. The molecule has 0 radical (unpaired) electrons. The summed E-state index contributed by atoms with van der Waals surface area (Å²) in [7, 11) is 0. The summed E-state index contributed by atoms with van der Waals surface area (Å²) in [5.41, 5.74) is -1.41. The van der Waals surface area contributed by atoms with Crippen LogP contribution in [0, 0.1) is 11.3 Å². The van der Waals surface area contributed by atoms with Crippen LogP contribution in [0.4, 0.5) is 13.2 Å². The molecule has 0 saturated carbocycles. The lowest BCUT2D eigenvalue weighted by Crippen LogP contribution is -2.70. The Kier molecular flexibility index (Phi) is 4.73. The topological polar surface area (TPSA) is 130 Å². The Balaban J connectivity index is 1.37. The van der Waals surface area contributed by atoms with E-state index in [0.29, 0.717) is 16.7 Å². The second kappa shape index (κ2) is 7.33. The van der Waals surface area contributed by atoms with Crippen molar-refractivity contribution in [3.63, 3.8) is 0 Å². The van der Waals surface area contributed by atoms with Crippen molar-refractivity contribution in [2.75, 3.05) is 26.2 Å². The number of rotatable bonds is 2. The van der Waals surface area contributed by atoms with Crippen molar-refractivity contribution in [2.45, 2.75) is 23.7 Å². The van der Waals surface area contributed by atoms with Gasteiger partial charge in [0.15, 0.2) is 5.60 Å². The molecule has 2 atom stereocenters. The maximum absolute atomic E-state index is 12.9. The Morgan fingerprint density at radius 1 is 1.15 bits per heavy atom. The number of aromatic amines is 1. The van der Waals surface area contributed by atoms with Crippen LogP contribution in [0.3, 0.4) is 0 Å². The highest BCUT2D eigenvalue weighted by molar-refractivity contribution is 6.01. The number of hydrogen-bond donors (Lipinski definition) is 3. The Bertz CT molecular complexity index is 1260. The van der Waals surface area contributed by atoms with E-state index in [4.69, 9.17) is 5.26 Å². The van der Waals surface area contributed by atoms with E-state index in [1.165, 1.54) is 35.4 Å². The standard InChI is InChI=1S/C22H18F3N5O4/c23-22(24,25)21(34)9-30(10-21)19(32)12-1-2-13-14(4-12)15-7-29(8-17(15)28-18(13)31)20(33)16-3-11(5-26)6-27-16/h1-4,6,15,17,27,34H,7-10H2,(H,28,31). The molecule has 1 aromatic heterocycles. The number of fused-ring (bicyclic) bond motifs is 3. The molecule has 34 heavy (non-hydrogen) atoms. The highest BCUT2D eigenvalue weighted by atomic mass is 19.4. The van der Waals surface area contributed by atoms with Crippen molar-refractivity contribution in [2.24, 2.45) is 0 Å². The summed E-state index contributed by atoms with van der Waals surface area (Å²) in [6, 6.07) is 7.26. The summed E-state index contributed by atoms with van der Waals surface area (Å²) in [6.07, 6.45) is -3.42. The van der Waals surface area contributed by atoms with Gasteiger partial charge in [-0.05, 0) is 29.8 Å². The van der Waals surface area contributed by atoms with Gasteiger partial charge in [-0.15, -0.1) is 0 Å². The molecule has 5 rings (SSSR count). The maximum atomic E-state index is 12.9. The summed E-state index contributed by atoms with van der Waals surface area (Å²) in [4.78, 5) is 43.4. The first-order valence-corrected chi connectivity index (χ1v) is 10.4. The molecule has 12 heteroatoms. The molecule has 3 N–H and O–H groups in total. The number of aliphatic hydroxyl groups is 1. The molecule has 2 unspecified atom stereocenters. The highest BCUT2D eigenvalue weighted by Crippen LogP contribution is 2.39. The number of hydrogen-bond acceptors (Lipinski definition) is 5. The quantitative estimate of drug-likeness (QED) is 0.599. The number of amides is 3. The molecular weight excluding hydrogens is 455 g/mol. The minimum atomic E-state index is -4.84. The number of alkyl halides is 3. The SMILES string of the molecule is N#Cc1c[nH]c(C(=O)N2CC3NC(=O)c4ccc(C(=O)N5CC(O)(C(F)(F)F)C5)cc4C3C2)c1. The van der Waals surface area contributed by atoms with E-state index < -0.39 is 36.8 Å². The molecule has 3 amide bonds. The van der Waals surface area contributed by atoms with Crippen molar-refractivity contribution in [1.82, 2.24) is 20.1 Å². The van der Waals surface area contributed by atoms with Gasteiger partial charge in [0.1, 0.15) is 11.8 Å². The van der Waals surface area contributed by atoms with Gasteiger partial charge in [-0.2, -0.15) is 18.4 Å². The Hall–Kier alpha value is -3.85. The van der Waals surface area contributed by atoms with E-state index in [-0.39, 0.29) is 42.1 Å². The molecule has 1 aromatic carbocycles. The molecule has 0 bridgehead atoms. The lowest BCUT2D eigenvalue weighted by molar-refractivity contribution is -0.294. The maximum Gasteiger partial charge on any atom is 0.420 e. The van der Waals surface area contributed by atoms with Gasteiger partial charge in [0.05, 0.1) is 24.7 Å². The van der Waals surface area contributed by atoms with Crippen molar-refractivity contribution in [3.05, 3.63) is 58.4 Å². The monoisotopic (exact) mass is 473 g/mol. The lowest BCUT2D eigenvalue weighted by Gasteiger charge is -2.46. The Morgan fingerprint density at radius 2 is 1.88 bits per heavy atom. The Morgan fingerprint density at radius 3 is 2.53 bits per heavy atom. The van der Waals surface area contributed by atoms with Gasteiger partial charge in [0.25, 0.3) is 17.7 Å². The molecular formula is C22H18F3N5O4. The zero-order valence-corrected chi connectivity index (χ0v) is 17.5. The molecule has 3 aliphatic heterocycles. The van der Waals surface area contributed by atoms with E-state index in [1.54, 1.807) is 0 Å². The van der Waals surface area contributed by atoms with Crippen molar-refractivity contribution < 1.29 is 32.7 Å². The van der Waals surface area contributed by atoms with E-state index in [1.807, 2.05) is 6.07 Å². The van der Waals surface area contributed by atoms with Gasteiger partial charge in [-0.1, -0.05) is 0 Å². The number of likely N-dealkylation sites (tertiary alicyclic amines) is 2. The first-order chi connectivity index (χ1) is 16.0. The van der Waals surface area contributed by atoms with Crippen LogP contribution in [-0.4, -0.2) is 81.6 Å². The molecule has 2 fully saturated rings. The number of benzene rings is 1. The molecule has 4 heterocycles. The second-order valence-corrected chi connectivity index (χ2v) is 8.80. The van der Waals surface area contributed by atoms with Crippen LogP contribution in [0.1, 0.15) is 48.2 Å². The third kappa shape index (κ3) is 3.31. The number of carbonyl (C=O) groups is 3. The number of H-pyrrole nitrogens is 1. The molecule has 0 aliphatic carbocycles. The highest BCUT2D eigenvalue weighted by Gasteiger charge is 2.62. The molecule has 9 nitrogen and oxygen atoms in total. The van der Waals surface area contributed by atoms with Crippen LogP contribution < -0.4 is 5.32 Å². The first kappa shape index (κ1) is 22.0. The van der Waals surface area contributed by atoms with E-state index in [0.717, 1.165) is 4.90 Å². The fourth-order valence-corrected chi connectivity index (χ4v) is 4.73. The fraction of sp³-hybridized carbons (Fsp3) is 0.364. The van der Waals surface area contributed by atoms with E-state index in [9.17, 15) is 32.7 Å². The number of aromatic nitrogens is 1. The summed E-state index contributed by atoms with van der Waals surface area (Å²) in [5.74, 6) is -1.71. The van der Waals surface area contributed by atoms with Crippen molar-refractivity contribution >= 4 is 17.7 Å². The number of halogens is 3. The van der Waals surface area contributed by atoms with Crippen molar-refractivity contribution in [3.8, 4) is 6.07 Å². The fourth-order valence-electron chi connectivity index (χ4n) is 4.73. The predicted molar refractivity (Wildman–Crippen MR) is 109 cm³/mol. The second-order valence-electron chi connectivity index (χ2n) is 8.80. The predicted octanol–water partition coefficient (Wildman–Crippen LogP) is 0.987. The number of carbonyl (C=O) groups excluding carboxylic acids is 3. The van der Waals surface area contributed by atoms with Gasteiger partial charge in [0.2, 0.25) is 0 Å². The Labute approximate surface area is 190 Å². The zero-order valence-electron chi connectivity index (χ0n) is 17.5. The van der Waals surface area contributed by atoms with Crippen LogP contribution in [0.5, 0.6) is 0 Å². The average molecular weight is 473 g/mol. The van der Waals surface area contributed by atoms with Crippen LogP contribution >= 0.6 is 0 Å². The van der Waals surface area contributed by atoms with Crippen LogP contribution in [-0.2, 0) is 0 Å². The largest absolute Gasteiger partial charge is 0.420 e. The first-order valence-electron chi connectivity index (χ1n) is 10.4. The number of nitrogens with one attached hydrogen (secondary N) is 2. The molecule has 2 saturated heterocycles. The molecule has 3 aliphatic rings. The van der Waals surface area contributed by atoms with Crippen molar-refractivity contribution in [1.29, 1.82) is 5.26 Å². The number of β-amino-alcohol motifs (C(OH)–C–C–N with tert-alkyl or cyclic N) is 1. The minimum absolute atomic E-state index is 0.101. The average Bonchev–Trinajstić information content (AvgIpc) is 3.42. The van der Waals surface area contributed by atoms with Gasteiger partial charge in [-0.3, -0.25) is 14.4 Å². The minimum Gasteiger partial charge on any atom is -0.378 e. The molecule has 176 valence electrons. The summed E-state index contributed by atoms with van der Waals surface area (Å²) >= 11 is 0. The van der Waals surface area contributed by atoms with Gasteiger partial charge < -0.3 is 25.2 Å². The van der Waals surface area contributed by atoms with Gasteiger partial charge >= 0.3 is 6.18 Å². The number of nitriles is 1. The smallest absolute Gasteiger partial charge is 0.378 e. The number of nitrogens with zero attached hydrogens (tertiary/aromatic N) is 3.